The molecule has 1 N–H and O–H groups in total. The van der Waals surface area contributed by atoms with Crippen LogP contribution in [0.1, 0.15) is 48.3 Å². The van der Waals surface area contributed by atoms with E-state index in [1.807, 2.05) is 0 Å². The van der Waals surface area contributed by atoms with Gasteiger partial charge >= 0.3 is 6.03 Å². The molecule has 1 spiro atoms. The van der Waals surface area contributed by atoms with Crippen LogP contribution in [0.4, 0.5) is 13.6 Å². The number of thioether (sulfide) groups is 1. The van der Waals surface area contributed by atoms with Gasteiger partial charge in [-0.25, -0.2) is 13.6 Å². The molecule has 0 aromatic heterocycles. The number of likely N-dealkylation sites (tertiary alicyclic amines) is 1. The molecule has 5 rings (SSSR count). The van der Waals surface area contributed by atoms with E-state index in [0.717, 1.165) is 38.0 Å². The fourth-order valence-corrected chi connectivity index (χ4v) is 6.72. The van der Waals surface area contributed by atoms with Crippen LogP contribution < -0.4 is 5.32 Å². The number of nitrogens with one attached hydrogen (secondary N) is 1. The van der Waals surface area contributed by atoms with Crippen molar-refractivity contribution in [3.63, 3.8) is 0 Å². The van der Waals surface area contributed by atoms with E-state index in [4.69, 9.17) is 0 Å². The number of piperidine rings is 1. The topological polar surface area (TPSA) is 76.4 Å². The van der Waals surface area contributed by atoms with Gasteiger partial charge in [0.25, 0.3) is 5.91 Å². The minimum atomic E-state index is -1.10. The number of carbonyl (C=O) groups excluding carboxylic acids is 2. The molecular weight excluding hydrogens is 470 g/mol. The molecule has 0 aliphatic carbocycles. The largest absolute Gasteiger partial charge is 0.325 e. The van der Waals surface area contributed by atoms with Gasteiger partial charge in [-0.3, -0.25) is 9.69 Å². The first-order valence-electron chi connectivity index (χ1n) is 11.9. The molecule has 6 nitrogen and oxygen atoms in total. The van der Waals surface area contributed by atoms with Gasteiger partial charge < -0.3 is 10.2 Å². The van der Waals surface area contributed by atoms with Crippen LogP contribution >= 0.6 is 11.8 Å². The zero-order valence-corrected chi connectivity index (χ0v) is 20.0. The van der Waals surface area contributed by atoms with E-state index >= 15 is 0 Å². The van der Waals surface area contributed by atoms with E-state index in [-0.39, 0.29) is 17.6 Å². The summed E-state index contributed by atoms with van der Waals surface area (Å²) in [6.07, 6.45) is 2.89. The molecular formula is C26H26F2N4O2S. The number of nitriles is 1. The lowest BCUT2D eigenvalue weighted by Crippen LogP contribution is -2.46. The molecule has 3 aliphatic heterocycles. The van der Waals surface area contributed by atoms with Crippen LogP contribution in [-0.4, -0.2) is 53.7 Å². The Labute approximate surface area is 207 Å². The fraction of sp³-hybridized carbons (Fsp3) is 0.423. The van der Waals surface area contributed by atoms with E-state index in [1.54, 1.807) is 12.1 Å². The number of carbonyl (C=O) groups is 2. The monoisotopic (exact) mass is 496 g/mol. The van der Waals surface area contributed by atoms with E-state index in [2.05, 4.69) is 16.3 Å². The molecule has 3 heterocycles. The lowest BCUT2D eigenvalue weighted by atomic mass is 9.86. The van der Waals surface area contributed by atoms with Crippen LogP contribution in [0.3, 0.4) is 0 Å². The number of imide groups is 1. The highest BCUT2D eigenvalue weighted by Gasteiger charge is 2.54. The van der Waals surface area contributed by atoms with Crippen molar-refractivity contribution in [1.82, 2.24) is 15.1 Å². The van der Waals surface area contributed by atoms with E-state index < -0.39 is 17.4 Å². The maximum atomic E-state index is 13.7. The Balaban J connectivity index is 1.17. The van der Waals surface area contributed by atoms with Crippen LogP contribution in [0.5, 0.6) is 0 Å². The van der Waals surface area contributed by atoms with Crippen molar-refractivity contribution >= 4 is 23.7 Å². The number of hydrogen-bond donors (Lipinski definition) is 1. The van der Waals surface area contributed by atoms with Crippen LogP contribution in [0.25, 0.3) is 0 Å². The smallest absolute Gasteiger partial charge is 0.319 e. The van der Waals surface area contributed by atoms with Crippen molar-refractivity contribution in [1.29, 1.82) is 5.26 Å². The van der Waals surface area contributed by atoms with Crippen molar-refractivity contribution in [2.45, 2.75) is 42.0 Å². The van der Waals surface area contributed by atoms with Gasteiger partial charge in [-0.1, -0.05) is 12.1 Å². The van der Waals surface area contributed by atoms with Crippen LogP contribution in [0.15, 0.2) is 41.3 Å². The van der Waals surface area contributed by atoms with Crippen LogP contribution in [0, 0.1) is 23.0 Å². The molecule has 2 aromatic carbocycles. The zero-order chi connectivity index (χ0) is 24.6. The predicted octanol–water partition coefficient (Wildman–Crippen LogP) is 4.35. The number of nitrogens with zero attached hydrogens (tertiary/aromatic N) is 3. The molecule has 0 bridgehead atoms. The van der Waals surface area contributed by atoms with Crippen molar-refractivity contribution in [2.75, 3.05) is 31.9 Å². The highest BCUT2D eigenvalue weighted by molar-refractivity contribution is 7.99. The number of benzene rings is 2. The van der Waals surface area contributed by atoms with Crippen molar-refractivity contribution < 1.29 is 18.4 Å². The highest BCUT2D eigenvalue weighted by atomic mass is 32.2. The van der Waals surface area contributed by atoms with Gasteiger partial charge in [-0.2, -0.15) is 5.26 Å². The first kappa shape index (κ1) is 23.8. The average Bonchev–Trinajstić information content (AvgIpc) is 3.09. The second kappa shape index (κ2) is 9.59. The number of amides is 3. The Morgan fingerprint density at radius 2 is 1.83 bits per heavy atom. The third kappa shape index (κ3) is 4.41. The molecule has 0 radical (unpaired) electrons. The molecule has 182 valence electrons. The summed E-state index contributed by atoms with van der Waals surface area (Å²) < 4.78 is 27.2. The van der Waals surface area contributed by atoms with Gasteiger partial charge in [0.1, 0.15) is 17.2 Å². The summed E-state index contributed by atoms with van der Waals surface area (Å²) in [6.45, 7) is 2.76. The second-order valence-corrected chi connectivity index (χ2v) is 10.5. The van der Waals surface area contributed by atoms with Gasteiger partial charge in [0, 0.05) is 22.8 Å². The summed E-state index contributed by atoms with van der Waals surface area (Å²) in [5.41, 5.74) is 0.887. The molecule has 0 saturated carbocycles. The number of urea groups is 1. The first-order chi connectivity index (χ1) is 16.9. The minimum Gasteiger partial charge on any atom is -0.319 e. The number of halogens is 2. The second-order valence-electron chi connectivity index (χ2n) is 9.34. The molecule has 2 aromatic rings. The van der Waals surface area contributed by atoms with Crippen molar-refractivity contribution in [3.8, 4) is 6.07 Å². The number of hydrogen-bond acceptors (Lipinski definition) is 5. The maximum Gasteiger partial charge on any atom is 0.325 e. The summed E-state index contributed by atoms with van der Waals surface area (Å²) in [6, 6.07) is 10.5. The normalized spacial score (nSPS) is 22.8. The van der Waals surface area contributed by atoms with Crippen molar-refractivity contribution in [2.24, 2.45) is 0 Å². The Morgan fingerprint density at radius 1 is 1.09 bits per heavy atom. The van der Waals surface area contributed by atoms with Gasteiger partial charge in [-0.15, -0.1) is 11.8 Å². The first-order valence-corrected chi connectivity index (χ1v) is 12.9. The summed E-state index contributed by atoms with van der Waals surface area (Å²) in [5.74, 6) is -0.148. The summed E-state index contributed by atoms with van der Waals surface area (Å²) in [4.78, 5) is 30.4. The molecule has 1 atom stereocenters. The van der Waals surface area contributed by atoms with Crippen molar-refractivity contribution in [3.05, 3.63) is 64.7 Å². The lowest BCUT2D eigenvalue weighted by Gasteiger charge is -2.33. The quantitative estimate of drug-likeness (QED) is 0.623. The van der Waals surface area contributed by atoms with Crippen LogP contribution in [0.2, 0.25) is 0 Å². The molecule has 1 unspecified atom stereocenters. The predicted molar refractivity (Wildman–Crippen MR) is 128 cm³/mol. The summed E-state index contributed by atoms with van der Waals surface area (Å²) in [5, 5.41) is 12.2. The average molecular weight is 497 g/mol. The Kier molecular flexibility index (Phi) is 6.51. The third-order valence-electron chi connectivity index (χ3n) is 7.33. The van der Waals surface area contributed by atoms with E-state index in [1.165, 1.54) is 40.9 Å². The Hall–Kier alpha value is -2.96. The zero-order valence-electron chi connectivity index (χ0n) is 19.2. The Bertz CT molecular complexity index is 1210. The van der Waals surface area contributed by atoms with Gasteiger partial charge in [0.15, 0.2) is 0 Å². The molecule has 35 heavy (non-hydrogen) atoms. The highest BCUT2D eigenvalue weighted by Crippen LogP contribution is 2.44. The SMILES string of the molecule is N#Cc1cc(F)ccc1C1CCN(CCCN2C(=O)NC3(CCSc4cc(F)ccc43)C2=O)CC1. The van der Waals surface area contributed by atoms with E-state index in [0.29, 0.717) is 41.2 Å². The van der Waals surface area contributed by atoms with E-state index in [9.17, 15) is 23.6 Å². The number of rotatable bonds is 5. The minimum absolute atomic E-state index is 0.223. The molecule has 9 heteroatoms. The molecule has 3 amide bonds. The maximum absolute atomic E-state index is 13.7. The van der Waals surface area contributed by atoms with Gasteiger partial charge in [-0.05, 0) is 81.1 Å². The van der Waals surface area contributed by atoms with Gasteiger partial charge in [0.05, 0.1) is 11.6 Å². The Morgan fingerprint density at radius 3 is 2.60 bits per heavy atom. The number of fused-ring (bicyclic) bond motifs is 2. The summed E-state index contributed by atoms with van der Waals surface area (Å²) in [7, 11) is 0. The molecule has 2 fully saturated rings. The molecule has 3 aliphatic rings. The van der Waals surface area contributed by atoms with Crippen LogP contribution in [-0.2, 0) is 10.3 Å². The molecule has 2 saturated heterocycles. The third-order valence-corrected chi connectivity index (χ3v) is 8.39. The lowest BCUT2D eigenvalue weighted by molar-refractivity contribution is -0.132. The summed E-state index contributed by atoms with van der Waals surface area (Å²) >= 11 is 1.50. The standard InChI is InChI=1S/C26H26F2N4O2S/c27-19-2-4-21(18(14-19)16-29)17-6-11-31(12-7-17)9-1-10-32-24(33)26(30-25(32)34)8-13-35-23-15-20(28)3-5-22(23)26/h2-5,14-15,17H,1,6-13H2,(H,30,34). The van der Waals surface area contributed by atoms with Gasteiger partial charge in [0.2, 0.25) is 0 Å². The fourth-order valence-electron chi connectivity index (χ4n) is 5.50.